The number of nitrogens with two attached hydrogens (primary N) is 1. The summed E-state index contributed by atoms with van der Waals surface area (Å²) in [6, 6.07) is 0. The van der Waals surface area contributed by atoms with Crippen molar-refractivity contribution in [1.29, 1.82) is 0 Å². The number of aromatic amines is 1. The third-order valence-corrected chi connectivity index (χ3v) is 0.987. The molecule has 0 saturated carbocycles. The first-order chi connectivity index (χ1) is 6.20. The molecule has 0 aliphatic carbocycles. The lowest BCUT2D eigenvalue weighted by Gasteiger charge is -1.80. The Morgan fingerprint density at radius 2 is 2.31 bits per heavy atom. The van der Waals surface area contributed by atoms with Gasteiger partial charge >= 0.3 is 5.97 Å². The molecular formula is C6H13N5O2. The van der Waals surface area contributed by atoms with E-state index in [1.54, 1.807) is 0 Å². The normalized spacial score (nSPS) is 8.77. The third-order valence-electron chi connectivity index (χ3n) is 0.987. The fourth-order valence-electron chi connectivity index (χ4n) is 0.393. The summed E-state index contributed by atoms with van der Waals surface area (Å²) in [5.74, 6) is -0.765. The minimum atomic E-state index is -0.962. The van der Waals surface area contributed by atoms with E-state index in [2.05, 4.69) is 27.5 Å². The van der Waals surface area contributed by atoms with Crippen LogP contribution in [0.15, 0.2) is 0 Å². The number of hydrogen-bond donors (Lipinski definition) is 3. The number of nitrogens with zero attached hydrogens (tertiary/aromatic N) is 3. The Morgan fingerprint density at radius 3 is 2.62 bits per heavy atom. The number of hydrogen-bond acceptors (Lipinski definition) is 5. The number of rotatable bonds is 3. The Morgan fingerprint density at radius 1 is 1.69 bits per heavy atom. The molecule has 0 amide bonds. The summed E-state index contributed by atoms with van der Waals surface area (Å²) in [4.78, 5) is 9.94. The van der Waals surface area contributed by atoms with Gasteiger partial charge in [-0.3, -0.25) is 4.79 Å². The first-order valence-corrected chi connectivity index (χ1v) is 3.84. The van der Waals surface area contributed by atoms with E-state index in [1.807, 2.05) is 0 Å². The van der Waals surface area contributed by atoms with Gasteiger partial charge in [0.2, 0.25) is 0 Å². The second kappa shape index (κ2) is 7.17. The van der Waals surface area contributed by atoms with Gasteiger partial charge in [0.05, 0.1) is 0 Å². The lowest BCUT2D eigenvalue weighted by Crippen LogP contribution is -2.01. The van der Waals surface area contributed by atoms with Crippen LogP contribution in [0.2, 0.25) is 0 Å². The summed E-state index contributed by atoms with van der Waals surface area (Å²) in [6.45, 7) is 2.88. The number of tetrazole rings is 1. The van der Waals surface area contributed by atoms with Crippen LogP contribution < -0.4 is 5.73 Å². The average Bonchev–Trinajstić information content (AvgIpc) is 2.56. The summed E-state index contributed by atoms with van der Waals surface area (Å²) in [5, 5.41) is 20.3. The Bertz CT molecular complexity index is 221. The Kier molecular flexibility index (Phi) is 6.34. The van der Waals surface area contributed by atoms with Crippen LogP contribution in [0.3, 0.4) is 0 Å². The monoisotopic (exact) mass is 187 g/mol. The van der Waals surface area contributed by atoms with Crippen LogP contribution in [0, 0.1) is 0 Å². The zero-order valence-electron chi connectivity index (χ0n) is 7.40. The molecule has 7 heteroatoms. The van der Waals surface area contributed by atoms with Gasteiger partial charge in [-0.25, -0.2) is 0 Å². The topological polar surface area (TPSA) is 118 Å². The number of carboxylic acids is 1. The number of aliphatic carboxylic acids is 1. The average molecular weight is 187 g/mol. The molecule has 13 heavy (non-hydrogen) atoms. The van der Waals surface area contributed by atoms with Gasteiger partial charge in [-0.15, -0.1) is 10.2 Å². The van der Waals surface area contributed by atoms with E-state index >= 15 is 0 Å². The highest BCUT2D eigenvalue weighted by atomic mass is 16.4. The van der Waals surface area contributed by atoms with E-state index in [0.29, 0.717) is 0 Å². The molecule has 0 unspecified atom stereocenters. The highest BCUT2D eigenvalue weighted by Gasteiger charge is 2.02. The molecule has 1 aromatic rings. The summed E-state index contributed by atoms with van der Waals surface area (Å²) in [6.07, 6.45) is 0.913. The molecular weight excluding hydrogens is 174 g/mol. The van der Waals surface area contributed by atoms with Crippen LogP contribution in [-0.2, 0) is 11.2 Å². The van der Waals surface area contributed by atoms with Crippen LogP contribution in [0.1, 0.15) is 19.2 Å². The number of H-pyrrole nitrogens is 1. The number of nitrogens with one attached hydrogen (secondary N) is 1. The minimum Gasteiger partial charge on any atom is -0.481 e. The largest absolute Gasteiger partial charge is 0.481 e. The highest BCUT2D eigenvalue weighted by Crippen LogP contribution is 1.83. The molecule has 1 aromatic heterocycles. The Balaban J connectivity index is 0.000000310. The van der Waals surface area contributed by atoms with Crippen molar-refractivity contribution in [2.75, 3.05) is 6.54 Å². The molecule has 1 heterocycles. The number of aromatic nitrogens is 4. The molecule has 0 radical (unpaired) electrons. The van der Waals surface area contributed by atoms with E-state index in [4.69, 9.17) is 10.8 Å². The molecule has 0 spiro atoms. The van der Waals surface area contributed by atoms with Crippen molar-refractivity contribution >= 4 is 5.97 Å². The molecule has 0 bridgehead atoms. The van der Waals surface area contributed by atoms with E-state index in [-0.39, 0.29) is 12.2 Å². The first-order valence-electron chi connectivity index (χ1n) is 3.84. The SMILES string of the molecule is CCCN.O=C(O)Cc1nn[nH]n1. The van der Waals surface area contributed by atoms with Gasteiger partial charge in [-0.2, -0.15) is 5.21 Å². The third kappa shape index (κ3) is 6.88. The van der Waals surface area contributed by atoms with Crippen molar-refractivity contribution in [3.63, 3.8) is 0 Å². The fourth-order valence-corrected chi connectivity index (χ4v) is 0.393. The van der Waals surface area contributed by atoms with E-state index < -0.39 is 5.97 Å². The second-order valence-corrected chi connectivity index (χ2v) is 2.19. The standard InChI is InChI=1S/C3H4N4O2.C3H9N/c8-3(9)1-2-4-6-7-5-2;1-2-3-4/h1H2,(H,8,9)(H,4,5,6,7);2-4H2,1H3. The second-order valence-electron chi connectivity index (χ2n) is 2.19. The maximum Gasteiger partial charge on any atom is 0.311 e. The maximum absolute atomic E-state index is 9.94. The molecule has 74 valence electrons. The fraction of sp³-hybridized carbons (Fsp3) is 0.667. The van der Waals surface area contributed by atoms with E-state index in [9.17, 15) is 4.79 Å². The summed E-state index contributed by atoms with van der Waals surface area (Å²) < 4.78 is 0. The summed E-state index contributed by atoms with van der Waals surface area (Å²) >= 11 is 0. The van der Waals surface area contributed by atoms with Crippen LogP contribution in [-0.4, -0.2) is 38.2 Å². The smallest absolute Gasteiger partial charge is 0.311 e. The van der Waals surface area contributed by atoms with Gasteiger partial charge in [0.15, 0.2) is 5.82 Å². The van der Waals surface area contributed by atoms with E-state index in [0.717, 1.165) is 13.0 Å². The van der Waals surface area contributed by atoms with Gasteiger partial charge in [-0.05, 0) is 13.0 Å². The first kappa shape index (κ1) is 11.5. The summed E-state index contributed by atoms with van der Waals surface area (Å²) in [7, 11) is 0. The maximum atomic E-state index is 9.94. The van der Waals surface area contributed by atoms with E-state index in [1.165, 1.54) is 0 Å². The quantitative estimate of drug-likeness (QED) is 0.569. The van der Waals surface area contributed by atoms with Gasteiger partial charge in [0.25, 0.3) is 0 Å². The molecule has 4 N–H and O–H groups in total. The van der Waals surface area contributed by atoms with Crippen LogP contribution in [0.4, 0.5) is 0 Å². The summed E-state index contributed by atoms with van der Waals surface area (Å²) in [5.41, 5.74) is 5.03. The molecule has 0 aliphatic heterocycles. The van der Waals surface area contributed by atoms with Gasteiger partial charge in [-0.1, -0.05) is 12.1 Å². The molecule has 0 aliphatic rings. The van der Waals surface area contributed by atoms with Crippen molar-refractivity contribution in [3.8, 4) is 0 Å². The Hall–Kier alpha value is -1.50. The van der Waals surface area contributed by atoms with Crippen molar-refractivity contribution in [2.45, 2.75) is 19.8 Å². The molecule has 1 rings (SSSR count). The highest BCUT2D eigenvalue weighted by molar-refractivity contribution is 5.68. The van der Waals surface area contributed by atoms with Crippen LogP contribution in [0.25, 0.3) is 0 Å². The zero-order valence-corrected chi connectivity index (χ0v) is 7.40. The van der Waals surface area contributed by atoms with Crippen molar-refractivity contribution in [3.05, 3.63) is 5.82 Å². The lowest BCUT2D eigenvalue weighted by atomic mass is 10.4. The number of carboxylic acid groups (broad SMARTS) is 1. The molecule has 0 atom stereocenters. The molecule has 0 fully saturated rings. The van der Waals surface area contributed by atoms with Crippen LogP contribution >= 0.6 is 0 Å². The molecule has 0 aromatic carbocycles. The lowest BCUT2D eigenvalue weighted by molar-refractivity contribution is -0.136. The minimum absolute atomic E-state index is 0.184. The number of carbonyl (C=O) groups is 1. The van der Waals surface area contributed by atoms with Crippen LogP contribution in [0.5, 0.6) is 0 Å². The van der Waals surface area contributed by atoms with Gasteiger partial charge < -0.3 is 10.8 Å². The van der Waals surface area contributed by atoms with Gasteiger partial charge in [0, 0.05) is 0 Å². The van der Waals surface area contributed by atoms with Crippen molar-refractivity contribution in [2.24, 2.45) is 5.73 Å². The predicted octanol–water partition coefficient (Wildman–Crippen LogP) is -0.818. The van der Waals surface area contributed by atoms with Crippen molar-refractivity contribution < 1.29 is 9.90 Å². The zero-order chi connectivity index (χ0) is 10.1. The van der Waals surface area contributed by atoms with Crippen molar-refractivity contribution in [1.82, 2.24) is 20.6 Å². The van der Waals surface area contributed by atoms with Gasteiger partial charge in [0.1, 0.15) is 6.42 Å². The molecule has 0 saturated heterocycles. The molecule has 7 nitrogen and oxygen atoms in total. The Labute approximate surface area is 75.3 Å². The predicted molar refractivity (Wildman–Crippen MR) is 44.9 cm³/mol.